The van der Waals surface area contributed by atoms with Crippen molar-refractivity contribution < 1.29 is 9.90 Å². The number of carbonyl (C=O) groups excluding carboxylic acids is 1. The maximum Gasteiger partial charge on any atom is 0.225 e. The average Bonchev–Trinajstić information content (AvgIpc) is 2.58. The fraction of sp³-hybridized carbons (Fsp3) is 0.600. The third-order valence-corrected chi connectivity index (χ3v) is 2.67. The molecular weight excluding hydrogens is 194 g/mol. The second-order valence-corrected chi connectivity index (χ2v) is 4.05. The molecular formula is C10H15N3O2. The fourth-order valence-corrected chi connectivity index (χ4v) is 1.91. The van der Waals surface area contributed by atoms with Crippen LogP contribution in [0.2, 0.25) is 0 Å². The van der Waals surface area contributed by atoms with E-state index < -0.39 is 6.10 Å². The molecule has 0 spiro atoms. The molecule has 0 saturated carbocycles. The second-order valence-electron chi connectivity index (χ2n) is 4.05. The Labute approximate surface area is 88.3 Å². The van der Waals surface area contributed by atoms with Gasteiger partial charge in [0.1, 0.15) is 0 Å². The molecule has 5 nitrogen and oxygen atoms in total. The monoisotopic (exact) mass is 209 g/mol. The van der Waals surface area contributed by atoms with E-state index >= 15 is 0 Å². The third-order valence-electron chi connectivity index (χ3n) is 2.67. The summed E-state index contributed by atoms with van der Waals surface area (Å²) in [6.07, 6.45) is 1.65. The zero-order chi connectivity index (χ0) is 11.0. The molecule has 15 heavy (non-hydrogen) atoms. The average molecular weight is 209 g/mol. The minimum atomic E-state index is -0.505. The lowest BCUT2D eigenvalue weighted by molar-refractivity contribution is -0.128. The van der Waals surface area contributed by atoms with E-state index in [1.165, 1.54) is 0 Å². The predicted molar refractivity (Wildman–Crippen MR) is 54.0 cm³/mol. The first kappa shape index (κ1) is 10.2. The number of aliphatic hydroxyl groups is 1. The van der Waals surface area contributed by atoms with Crippen molar-refractivity contribution in [3.8, 4) is 0 Å². The number of aryl methyl sites for hydroxylation is 2. The number of hydrogen-bond donors (Lipinski definition) is 1. The van der Waals surface area contributed by atoms with Crippen molar-refractivity contribution in [3.63, 3.8) is 0 Å². The number of aliphatic hydroxyl groups excluding tert-OH is 1. The van der Waals surface area contributed by atoms with Crippen molar-refractivity contribution in [3.05, 3.63) is 17.5 Å². The van der Waals surface area contributed by atoms with Crippen molar-refractivity contribution in [1.29, 1.82) is 0 Å². The Kier molecular flexibility index (Phi) is 2.48. The number of rotatable bonds is 2. The van der Waals surface area contributed by atoms with Gasteiger partial charge in [0.05, 0.1) is 18.2 Å². The Morgan fingerprint density at radius 3 is 2.87 bits per heavy atom. The first-order valence-corrected chi connectivity index (χ1v) is 5.01. The molecule has 2 heterocycles. The summed E-state index contributed by atoms with van der Waals surface area (Å²) >= 11 is 0. The number of carbonyl (C=O) groups is 1. The number of aromatic nitrogens is 2. The van der Waals surface area contributed by atoms with Gasteiger partial charge in [0, 0.05) is 31.9 Å². The van der Waals surface area contributed by atoms with Crippen molar-refractivity contribution in [2.45, 2.75) is 26.0 Å². The van der Waals surface area contributed by atoms with Gasteiger partial charge in [0.25, 0.3) is 0 Å². The van der Waals surface area contributed by atoms with Crippen LogP contribution in [0, 0.1) is 6.92 Å². The summed E-state index contributed by atoms with van der Waals surface area (Å²) in [5, 5.41) is 13.6. The molecule has 1 unspecified atom stereocenters. The summed E-state index contributed by atoms with van der Waals surface area (Å²) in [7, 11) is 1.86. The zero-order valence-electron chi connectivity index (χ0n) is 8.97. The molecule has 1 aromatic rings. The van der Waals surface area contributed by atoms with Crippen LogP contribution in [0.3, 0.4) is 0 Å². The van der Waals surface area contributed by atoms with Gasteiger partial charge in [-0.05, 0) is 6.92 Å². The van der Waals surface area contributed by atoms with E-state index in [0.717, 1.165) is 11.3 Å². The van der Waals surface area contributed by atoms with Crippen molar-refractivity contribution in [2.75, 3.05) is 6.54 Å². The van der Waals surface area contributed by atoms with Crippen molar-refractivity contribution in [1.82, 2.24) is 14.7 Å². The largest absolute Gasteiger partial charge is 0.391 e. The highest BCUT2D eigenvalue weighted by Crippen LogP contribution is 2.16. The zero-order valence-corrected chi connectivity index (χ0v) is 8.97. The minimum Gasteiger partial charge on any atom is -0.391 e. The summed E-state index contributed by atoms with van der Waals surface area (Å²) < 4.78 is 1.74. The Hall–Kier alpha value is -1.36. The van der Waals surface area contributed by atoms with Gasteiger partial charge < -0.3 is 10.0 Å². The van der Waals surface area contributed by atoms with E-state index in [2.05, 4.69) is 5.10 Å². The summed E-state index contributed by atoms with van der Waals surface area (Å²) in [4.78, 5) is 13.1. The lowest BCUT2D eigenvalue weighted by Crippen LogP contribution is -2.25. The van der Waals surface area contributed by atoms with Crippen LogP contribution in [0.4, 0.5) is 0 Å². The Morgan fingerprint density at radius 2 is 2.40 bits per heavy atom. The summed E-state index contributed by atoms with van der Waals surface area (Å²) in [5.74, 6) is 0.0192. The van der Waals surface area contributed by atoms with Crippen molar-refractivity contribution >= 4 is 5.91 Å². The van der Waals surface area contributed by atoms with E-state index in [9.17, 15) is 9.90 Å². The molecule has 0 aliphatic carbocycles. The quantitative estimate of drug-likeness (QED) is 0.735. The number of nitrogens with zero attached hydrogens (tertiary/aromatic N) is 3. The molecule has 1 fully saturated rings. The Balaban J connectivity index is 2.09. The molecule has 1 aromatic heterocycles. The summed E-state index contributed by atoms with van der Waals surface area (Å²) in [6.45, 7) is 2.91. The summed E-state index contributed by atoms with van der Waals surface area (Å²) in [6, 6.07) is 0. The lowest BCUT2D eigenvalue weighted by atomic mass is 10.2. The minimum absolute atomic E-state index is 0.0192. The van der Waals surface area contributed by atoms with Gasteiger partial charge in [-0.2, -0.15) is 5.10 Å². The number of hydrogen-bond acceptors (Lipinski definition) is 3. The van der Waals surface area contributed by atoms with Gasteiger partial charge in [0.2, 0.25) is 5.91 Å². The molecule has 2 rings (SSSR count). The molecule has 0 radical (unpaired) electrons. The van der Waals surface area contributed by atoms with Crippen LogP contribution < -0.4 is 0 Å². The molecule has 1 aliphatic heterocycles. The lowest BCUT2D eigenvalue weighted by Gasteiger charge is -2.14. The highest BCUT2D eigenvalue weighted by Gasteiger charge is 2.28. The molecule has 5 heteroatoms. The maximum absolute atomic E-state index is 11.4. The number of amides is 1. The van der Waals surface area contributed by atoms with E-state index in [4.69, 9.17) is 0 Å². The van der Waals surface area contributed by atoms with Gasteiger partial charge in [-0.1, -0.05) is 0 Å². The molecule has 0 aromatic carbocycles. The maximum atomic E-state index is 11.4. The predicted octanol–water partition coefficient (Wildman–Crippen LogP) is -0.178. The van der Waals surface area contributed by atoms with E-state index in [0.29, 0.717) is 13.1 Å². The second kappa shape index (κ2) is 3.66. The van der Waals surface area contributed by atoms with Gasteiger partial charge in [-0.25, -0.2) is 0 Å². The van der Waals surface area contributed by atoms with Crippen LogP contribution in [0.15, 0.2) is 6.20 Å². The number of β-amino-alcohol motifs (C(OH)–C–C–N with tert-alkyl or cyclic N) is 1. The Bertz CT molecular complexity index is 386. The standard InChI is InChI=1S/C10H15N3O2/c1-7-8(4-12(2)11-7)5-13-6-9(14)3-10(13)15/h4,9,14H,3,5-6H2,1-2H3. The van der Waals surface area contributed by atoms with Gasteiger partial charge in [-0.15, -0.1) is 0 Å². The van der Waals surface area contributed by atoms with Crippen LogP contribution >= 0.6 is 0 Å². The van der Waals surface area contributed by atoms with E-state index in [-0.39, 0.29) is 12.3 Å². The molecule has 1 saturated heterocycles. The first-order chi connectivity index (χ1) is 7.06. The van der Waals surface area contributed by atoms with Crippen molar-refractivity contribution in [2.24, 2.45) is 7.05 Å². The topological polar surface area (TPSA) is 58.4 Å². The third kappa shape index (κ3) is 2.02. The van der Waals surface area contributed by atoms with Crippen LogP contribution in [-0.2, 0) is 18.4 Å². The van der Waals surface area contributed by atoms with Gasteiger partial charge in [0.15, 0.2) is 0 Å². The first-order valence-electron chi connectivity index (χ1n) is 5.01. The highest BCUT2D eigenvalue weighted by molar-refractivity contribution is 5.79. The highest BCUT2D eigenvalue weighted by atomic mass is 16.3. The van der Waals surface area contributed by atoms with Crippen LogP contribution in [0.1, 0.15) is 17.7 Å². The van der Waals surface area contributed by atoms with Crippen LogP contribution in [-0.4, -0.2) is 38.3 Å². The van der Waals surface area contributed by atoms with Crippen LogP contribution in [0.5, 0.6) is 0 Å². The van der Waals surface area contributed by atoms with Gasteiger partial charge >= 0.3 is 0 Å². The molecule has 1 atom stereocenters. The normalized spacial score (nSPS) is 21.4. The number of likely N-dealkylation sites (tertiary alicyclic amines) is 1. The van der Waals surface area contributed by atoms with E-state index in [1.54, 1.807) is 9.58 Å². The molecule has 0 bridgehead atoms. The molecule has 1 aliphatic rings. The SMILES string of the molecule is Cc1nn(C)cc1CN1CC(O)CC1=O. The molecule has 1 N–H and O–H groups in total. The smallest absolute Gasteiger partial charge is 0.225 e. The fourth-order valence-electron chi connectivity index (χ4n) is 1.91. The van der Waals surface area contributed by atoms with Crippen LogP contribution in [0.25, 0.3) is 0 Å². The van der Waals surface area contributed by atoms with Gasteiger partial charge in [-0.3, -0.25) is 9.48 Å². The summed E-state index contributed by atoms with van der Waals surface area (Å²) in [5.41, 5.74) is 1.98. The van der Waals surface area contributed by atoms with E-state index in [1.807, 2.05) is 20.2 Å². The molecule has 1 amide bonds. The Morgan fingerprint density at radius 1 is 1.67 bits per heavy atom. The molecule has 82 valence electrons.